The first-order valence-electron chi connectivity index (χ1n) is 7.53. The Morgan fingerprint density at radius 1 is 1.43 bits per heavy atom. The molecular formula is C17H25ClFNO. The van der Waals surface area contributed by atoms with Crippen LogP contribution in [0.3, 0.4) is 0 Å². The van der Waals surface area contributed by atoms with E-state index in [-0.39, 0.29) is 27.9 Å². The van der Waals surface area contributed by atoms with Crippen molar-refractivity contribution >= 4 is 11.6 Å². The largest absolute Gasteiger partial charge is 0.378 e. The highest BCUT2D eigenvalue weighted by atomic mass is 35.5. The predicted octanol–water partition coefficient (Wildman–Crippen LogP) is 4.20. The molecule has 0 bridgehead atoms. The predicted molar refractivity (Wildman–Crippen MR) is 85.3 cm³/mol. The molecule has 0 saturated carbocycles. The summed E-state index contributed by atoms with van der Waals surface area (Å²) < 4.78 is 19.5. The molecule has 0 radical (unpaired) electrons. The molecule has 21 heavy (non-hydrogen) atoms. The molecular weight excluding hydrogens is 289 g/mol. The molecule has 0 aliphatic carbocycles. The summed E-state index contributed by atoms with van der Waals surface area (Å²) in [5.41, 5.74) is 0.871. The van der Waals surface area contributed by atoms with Crippen LogP contribution in [0.15, 0.2) is 18.2 Å². The zero-order chi connectivity index (χ0) is 15.7. The molecule has 1 N–H and O–H groups in total. The first-order valence-corrected chi connectivity index (χ1v) is 7.91. The Morgan fingerprint density at radius 2 is 2.14 bits per heavy atom. The molecule has 1 saturated heterocycles. The van der Waals surface area contributed by atoms with Gasteiger partial charge in [-0.1, -0.05) is 23.7 Å². The summed E-state index contributed by atoms with van der Waals surface area (Å²) in [5.74, 6) is -0.348. The van der Waals surface area contributed by atoms with E-state index in [1.54, 1.807) is 6.07 Å². The van der Waals surface area contributed by atoms with Crippen LogP contribution in [0.1, 0.15) is 39.7 Å². The average molecular weight is 314 g/mol. The first kappa shape index (κ1) is 16.7. The topological polar surface area (TPSA) is 21.3 Å². The van der Waals surface area contributed by atoms with Crippen LogP contribution < -0.4 is 5.32 Å². The lowest BCUT2D eigenvalue weighted by Crippen LogP contribution is -2.47. The van der Waals surface area contributed by atoms with Crippen molar-refractivity contribution in [1.82, 2.24) is 5.32 Å². The summed E-state index contributed by atoms with van der Waals surface area (Å²) in [6.45, 7) is 10.1. The number of benzene rings is 1. The molecule has 2 unspecified atom stereocenters. The van der Waals surface area contributed by atoms with Crippen LogP contribution in [-0.2, 0) is 11.2 Å². The molecule has 0 amide bonds. The lowest BCUT2D eigenvalue weighted by molar-refractivity contribution is 0.0597. The lowest BCUT2D eigenvalue weighted by atomic mass is 9.75. The molecule has 0 spiro atoms. The Morgan fingerprint density at radius 3 is 2.71 bits per heavy atom. The van der Waals surface area contributed by atoms with Crippen LogP contribution in [0.4, 0.5) is 4.39 Å². The van der Waals surface area contributed by atoms with E-state index in [1.807, 2.05) is 6.07 Å². The fourth-order valence-electron chi connectivity index (χ4n) is 2.85. The van der Waals surface area contributed by atoms with Gasteiger partial charge in [0.2, 0.25) is 0 Å². The van der Waals surface area contributed by atoms with Crippen LogP contribution in [0.25, 0.3) is 0 Å². The van der Waals surface area contributed by atoms with Gasteiger partial charge in [-0.15, -0.1) is 0 Å². The van der Waals surface area contributed by atoms with Crippen LogP contribution >= 0.6 is 11.6 Å². The first-order chi connectivity index (χ1) is 9.73. The van der Waals surface area contributed by atoms with E-state index in [4.69, 9.17) is 16.3 Å². The maximum Gasteiger partial charge on any atom is 0.142 e. The minimum Gasteiger partial charge on any atom is -0.378 e. The number of ether oxygens (including phenoxy) is 1. The molecule has 2 rings (SSSR count). The van der Waals surface area contributed by atoms with E-state index in [0.29, 0.717) is 0 Å². The van der Waals surface area contributed by atoms with Crippen molar-refractivity contribution in [2.24, 2.45) is 5.41 Å². The van der Waals surface area contributed by atoms with Gasteiger partial charge < -0.3 is 10.1 Å². The summed E-state index contributed by atoms with van der Waals surface area (Å²) in [6.07, 6.45) is 1.82. The van der Waals surface area contributed by atoms with E-state index >= 15 is 0 Å². The van der Waals surface area contributed by atoms with Gasteiger partial charge in [-0.3, -0.25) is 0 Å². The number of rotatable bonds is 4. The maximum absolute atomic E-state index is 13.7. The Bertz CT molecular complexity index is 500. The van der Waals surface area contributed by atoms with Gasteiger partial charge in [0.15, 0.2) is 0 Å². The second kappa shape index (κ2) is 6.23. The highest BCUT2D eigenvalue weighted by Gasteiger charge is 2.42. The summed E-state index contributed by atoms with van der Waals surface area (Å²) in [4.78, 5) is 0. The molecule has 1 heterocycles. The summed E-state index contributed by atoms with van der Waals surface area (Å²) in [5, 5.41) is 3.81. The molecule has 2 atom stereocenters. The minimum atomic E-state index is -0.348. The van der Waals surface area contributed by atoms with Crippen molar-refractivity contribution in [2.45, 2.75) is 52.2 Å². The molecule has 1 aromatic rings. The second-order valence-corrected chi connectivity index (χ2v) is 7.50. The van der Waals surface area contributed by atoms with Gasteiger partial charge in [0.25, 0.3) is 0 Å². The molecule has 118 valence electrons. The van der Waals surface area contributed by atoms with Crippen molar-refractivity contribution in [1.29, 1.82) is 0 Å². The van der Waals surface area contributed by atoms with E-state index in [2.05, 4.69) is 33.0 Å². The Hall–Kier alpha value is -0.640. The number of hydrogen-bond donors (Lipinski definition) is 1. The van der Waals surface area contributed by atoms with Crippen molar-refractivity contribution in [3.63, 3.8) is 0 Å². The molecule has 4 heteroatoms. The monoisotopic (exact) mass is 313 g/mol. The quantitative estimate of drug-likeness (QED) is 0.899. The maximum atomic E-state index is 13.7. The highest BCUT2D eigenvalue weighted by Crippen LogP contribution is 2.39. The zero-order valence-corrected chi connectivity index (χ0v) is 14.1. The zero-order valence-electron chi connectivity index (χ0n) is 13.3. The fourth-order valence-corrected chi connectivity index (χ4v) is 3.04. The van der Waals surface area contributed by atoms with Gasteiger partial charge in [-0.05, 0) is 52.2 Å². The lowest BCUT2D eigenvalue weighted by Gasteiger charge is -2.36. The SMILES string of the molecule is CC1OCCC1(CNC(C)(C)C)Cc1cccc(F)c1Cl. The minimum absolute atomic E-state index is 0.0370. The second-order valence-electron chi connectivity index (χ2n) is 7.12. The average Bonchev–Trinajstić information content (AvgIpc) is 2.74. The molecule has 1 aromatic carbocycles. The third-order valence-electron chi connectivity index (χ3n) is 4.38. The van der Waals surface area contributed by atoms with E-state index in [0.717, 1.165) is 31.6 Å². The van der Waals surface area contributed by atoms with Gasteiger partial charge in [-0.25, -0.2) is 4.39 Å². The van der Waals surface area contributed by atoms with Gasteiger partial charge in [0.05, 0.1) is 11.1 Å². The Kier molecular flexibility index (Phi) is 4.96. The third-order valence-corrected chi connectivity index (χ3v) is 4.80. The highest BCUT2D eigenvalue weighted by molar-refractivity contribution is 6.31. The smallest absolute Gasteiger partial charge is 0.142 e. The third kappa shape index (κ3) is 3.97. The molecule has 1 aliphatic rings. The van der Waals surface area contributed by atoms with Gasteiger partial charge in [0.1, 0.15) is 5.82 Å². The molecule has 2 nitrogen and oxygen atoms in total. The van der Waals surface area contributed by atoms with Crippen molar-refractivity contribution in [3.05, 3.63) is 34.6 Å². The van der Waals surface area contributed by atoms with E-state index in [9.17, 15) is 4.39 Å². The van der Waals surface area contributed by atoms with Gasteiger partial charge in [0, 0.05) is 24.1 Å². The van der Waals surface area contributed by atoms with E-state index < -0.39 is 0 Å². The fraction of sp³-hybridized carbons (Fsp3) is 0.647. The normalized spacial score (nSPS) is 26.3. The number of nitrogens with one attached hydrogen (secondary N) is 1. The summed E-state index contributed by atoms with van der Waals surface area (Å²) in [7, 11) is 0. The van der Waals surface area contributed by atoms with Gasteiger partial charge >= 0.3 is 0 Å². The summed E-state index contributed by atoms with van der Waals surface area (Å²) in [6, 6.07) is 5.04. The summed E-state index contributed by atoms with van der Waals surface area (Å²) >= 11 is 6.14. The van der Waals surface area contributed by atoms with Crippen LogP contribution in [0.5, 0.6) is 0 Å². The van der Waals surface area contributed by atoms with Crippen LogP contribution in [0, 0.1) is 11.2 Å². The Labute approximate surface area is 132 Å². The van der Waals surface area contributed by atoms with Crippen molar-refractivity contribution in [3.8, 4) is 0 Å². The number of halogens is 2. The standard InChI is InChI=1S/C17H25ClFNO/c1-12-17(8-9-21-12,11-20-16(2,3)4)10-13-6-5-7-14(19)15(13)18/h5-7,12,20H,8-11H2,1-4H3. The molecule has 1 aliphatic heterocycles. The molecule has 1 fully saturated rings. The molecule has 0 aromatic heterocycles. The number of hydrogen-bond acceptors (Lipinski definition) is 2. The Balaban J connectivity index is 2.23. The van der Waals surface area contributed by atoms with E-state index in [1.165, 1.54) is 6.07 Å². The van der Waals surface area contributed by atoms with Crippen LogP contribution in [0.2, 0.25) is 5.02 Å². The van der Waals surface area contributed by atoms with Crippen molar-refractivity contribution in [2.75, 3.05) is 13.2 Å². The van der Waals surface area contributed by atoms with Crippen LogP contribution in [-0.4, -0.2) is 24.8 Å². The van der Waals surface area contributed by atoms with Crippen molar-refractivity contribution < 1.29 is 9.13 Å². The van der Waals surface area contributed by atoms with Gasteiger partial charge in [-0.2, -0.15) is 0 Å².